The average molecular weight is 413 g/mol. The number of para-hydroxylation sites is 1. The van der Waals surface area contributed by atoms with E-state index in [9.17, 15) is 9.90 Å². The van der Waals surface area contributed by atoms with E-state index in [4.69, 9.17) is 0 Å². The Morgan fingerprint density at radius 3 is 2.58 bits per heavy atom. The number of carbonyl (C=O) groups excluding carboxylic acids is 1. The van der Waals surface area contributed by atoms with Crippen LogP contribution >= 0.6 is 0 Å². The van der Waals surface area contributed by atoms with Crippen LogP contribution in [-0.4, -0.2) is 69.0 Å². The number of phenols is 1. The lowest BCUT2D eigenvalue weighted by molar-refractivity contribution is 0.0663. The van der Waals surface area contributed by atoms with Gasteiger partial charge in [0.1, 0.15) is 11.4 Å². The van der Waals surface area contributed by atoms with Crippen LogP contribution in [0.15, 0.2) is 61.2 Å². The molecule has 0 atom stereocenters. The Hall–Kier alpha value is -3.71. The van der Waals surface area contributed by atoms with Gasteiger partial charge in [-0.3, -0.25) is 9.78 Å². The lowest BCUT2D eigenvalue weighted by Crippen LogP contribution is -2.47. The molecule has 7 heteroatoms. The van der Waals surface area contributed by atoms with E-state index in [1.54, 1.807) is 30.7 Å². The van der Waals surface area contributed by atoms with Crippen molar-refractivity contribution < 1.29 is 9.90 Å². The van der Waals surface area contributed by atoms with Gasteiger partial charge in [0.2, 0.25) is 0 Å². The Bertz CT molecular complexity index is 1260. The number of hydrogen-bond acceptors (Lipinski definition) is 5. The van der Waals surface area contributed by atoms with Gasteiger partial charge in [-0.05, 0) is 25.2 Å². The van der Waals surface area contributed by atoms with E-state index < -0.39 is 0 Å². The minimum Gasteiger partial charge on any atom is -0.507 e. The van der Waals surface area contributed by atoms with E-state index in [2.05, 4.69) is 26.9 Å². The van der Waals surface area contributed by atoms with E-state index in [1.165, 1.54) is 0 Å². The first-order chi connectivity index (χ1) is 15.1. The smallest absolute Gasteiger partial charge is 0.255 e. The maximum absolute atomic E-state index is 13.0. The van der Waals surface area contributed by atoms with Gasteiger partial charge in [0.25, 0.3) is 5.91 Å². The number of pyridine rings is 2. The lowest BCUT2D eigenvalue weighted by Gasteiger charge is -2.32. The molecule has 3 aromatic heterocycles. The van der Waals surface area contributed by atoms with Gasteiger partial charge in [0.05, 0.1) is 5.56 Å². The van der Waals surface area contributed by atoms with E-state index in [0.29, 0.717) is 5.56 Å². The van der Waals surface area contributed by atoms with Gasteiger partial charge in [0, 0.05) is 78.6 Å². The van der Waals surface area contributed by atoms with Crippen LogP contribution in [0.2, 0.25) is 0 Å². The first kappa shape index (κ1) is 19.3. The zero-order valence-corrected chi connectivity index (χ0v) is 17.2. The molecule has 2 N–H and O–H groups in total. The summed E-state index contributed by atoms with van der Waals surface area (Å²) in [5.41, 5.74) is 4.63. The van der Waals surface area contributed by atoms with Crippen molar-refractivity contribution in [2.24, 2.45) is 0 Å². The van der Waals surface area contributed by atoms with Gasteiger partial charge in [0.15, 0.2) is 0 Å². The van der Waals surface area contributed by atoms with Crippen molar-refractivity contribution in [3.63, 3.8) is 0 Å². The van der Waals surface area contributed by atoms with Crippen molar-refractivity contribution in [3.8, 4) is 28.0 Å². The molecular formula is C24H23N5O2. The zero-order chi connectivity index (χ0) is 21.4. The number of piperazine rings is 1. The third-order valence-electron chi connectivity index (χ3n) is 5.83. The van der Waals surface area contributed by atoms with Crippen LogP contribution in [0.1, 0.15) is 10.4 Å². The molecule has 0 aliphatic carbocycles. The Morgan fingerprint density at radius 1 is 1.00 bits per heavy atom. The van der Waals surface area contributed by atoms with Crippen LogP contribution in [0.25, 0.3) is 33.3 Å². The summed E-state index contributed by atoms with van der Waals surface area (Å²) in [5, 5.41) is 11.2. The fourth-order valence-electron chi connectivity index (χ4n) is 3.99. The molecule has 1 saturated heterocycles. The third-order valence-corrected chi connectivity index (χ3v) is 5.83. The van der Waals surface area contributed by atoms with Crippen LogP contribution in [0.3, 0.4) is 0 Å². The Morgan fingerprint density at radius 2 is 1.77 bits per heavy atom. The summed E-state index contributed by atoms with van der Waals surface area (Å²) < 4.78 is 0. The maximum atomic E-state index is 13.0. The Balaban J connectivity index is 1.50. The van der Waals surface area contributed by atoms with Gasteiger partial charge < -0.3 is 19.9 Å². The molecule has 0 radical (unpaired) electrons. The standard InChI is InChI=1S/C24H23N5O2/c1-28-6-8-29(9-7-28)24(31)18-10-16(12-25-13-18)17-11-20-21(15-27-23(20)26-14-17)19-4-2-3-5-22(19)30/h2-5,10-15,30H,6-9H2,1H3,(H,26,27). The van der Waals surface area contributed by atoms with Crippen LogP contribution in [0, 0.1) is 0 Å². The molecule has 156 valence electrons. The highest BCUT2D eigenvalue weighted by atomic mass is 16.3. The van der Waals surface area contributed by atoms with Crippen LogP contribution in [0.5, 0.6) is 5.75 Å². The fourth-order valence-corrected chi connectivity index (χ4v) is 3.99. The van der Waals surface area contributed by atoms with Crippen molar-refractivity contribution in [2.45, 2.75) is 0 Å². The second-order valence-corrected chi connectivity index (χ2v) is 7.90. The van der Waals surface area contributed by atoms with Gasteiger partial charge in [-0.25, -0.2) is 4.98 Å². The van der Waals surface area contributed by atoms with Crippen molar-refractivity contribution >= 4 is 16.9 Å². The predicted octanol–water partition coefficient (Wildman–Crippen LogP) is 3.39. The fraction of sp³-hybridized carbons (Fsp3) is 0.208. The highest BCUT2D eigenvalue weighted by molar-refractivity contribution is 5.98. The number of amides is 1. The minimum absolute atomic E-state index is 0.00743. The van der Waals surface area contributed by atoms with Crippen LogP contribution < -0.4 is 0 Å². The predicted molar refractivity (Wildman–Crippen MR) is 120 cm³/mol. The molecular weight excluding hydrogens is 390 g/mol. The summed E-state index contributed by atoms with van der Waals surface area (Å²) >= 11 is 0. The number of H-pyrrole nitrogens is 1. The number of likely N-dealkylation sites (N-methyl/N-ethyl adjacent to an activating group) is 1. The van der Waals surface area contributed by atoms with Gasteiger partial charge in [-0.1, -0.05) is 18.2 Å². The number of aromatic amines is 1. The van der Waals surface area contributed by atoms with Crippen molar-refractivity contribution in [1.29, 1.82) is 0 Å². The van der Waals surface area contributed by atoms with E-state index in [1.807, 2.05) is 35.4 Å². The molecule has 1 amide bonds. The minimum atomic E-state index is 0.00743. The van der Waals surface area contributed by atoms with E-state index in [0.717, 1.165) is 59.5 Å². The summed E-state index contributed by atoms with van der Waals surface area (Å²) in [4.78, 5) is 29.1. The van der Waals surface area contributed by atoms with Crippen molar-refractivity contribution in [3.05, 3.63) is 66.7 Å². The molecule has 0 spiro atoms. The van der Waals surface area contributed by atoms with Crippen molar-refractivity contribution in [2.75, 3.05) is 33.2 Å². The van der Waals surface area contributed by atoms with Gasteiger partial charge >= 0.3 is 0 Å². The number of nitrogens with one attached hydrogen (secondary N) is 1. The van der Waals surface area contributed by atoms with Crippen LogP contribution in [0.4, 0.5) is 0 Å². The molecule has 1 fully saturated rings. The molecule has 7 nitrogen and oxygen atoms in total. The summed E-state index contributed by atoms with van der Waals surface area (Å²) in [7, 11) is 2.07. The first-order valence-electron chi connectivity index (χ1n) is 10.3. The molecule has 1 aromatic carbocycles. The van der Waals surface area contributed by atoms with Crippen LogP contribution in [-0.2, 0) is 0 Å². The summed E-state index contributed by atoms with van der Waals surface area (Å²) in [6, 6.07) is 11.1. The number of phenolic OH excluding ortho intramolecular Hbond substituents is 1. The quantitative estimate of drug-likeness (QED) is 0.538. The number of fused-ring (bicyclic) bond motifs is 1. The summed E-state index contributed by atoms with van der Waals surface area (Å²) in [6.07, 6.45) is 6.99. The second kappa shape index (κ2) is 7.85. The Kier molecular flexibility index (Phi) is 4.88. The topological polar surface area (TPSA) is 85.4 Å². The zero-order valence-electron chi connectivity index (χ0n) is 17.2. The van der Waals surface area contributed by atoms with E-state index in [-0.39, 0.29) is 11.7 Å². The largest absolute Gasteiger partial charge is 0.507 e. The van der Waals surface area contributed by atoms with Gasteiger partial charge in [-0.2, -0.15) is 0 Å². The maximum Gasteiger partial charge on any atom is 0.255 e. The summed E-state index contributed by atoms with van der Waals surface area (Å²) in [5.74, 6) is 0.225. The second-order valence-electron chi connectivity index (χ2n) is 7.90. The number of nitrogens with zero attached hydrogens (tertiary/aromatic N) is 4. The Labute approximate surface area is 180 Å². The molecule has 5 rings (SSSR count). The number of aromatic hydroxyl groups is 1. The molecule has 0 bridgehead atoms. The molecule has 0 saturated carbocycles. The van der Waals surface area contributed by atoms with Crippen molar-refractivity contribution in [1.82, 2.24) is 24.8 Å². The highest BCUT2D eigenvalue weighted by Crippen LogP contribution is 2.35. The molecule has 31 heavy (non-hydrogen) atoms. The average Bonchev–Trinajstić information content (AvgIpc) is 3.22. The number of rotatable bonds is 3. The molecule has 0 unspecified atom stereocenters. The number of benzene rings is 1. The summed E-state index contributed by atoms with van der Waals surface area (Å²) in [6.45, 7) is 3.20. The monoisotopic (exact) mass is 413 g/mol. The van der Waals surface area contributed by atoms with Gasteiger partial charge in [-0.15, -0.1) is 0 Å². The number of hydrogen-bond donors (Lipinski definition) is 2. The molecule has 4 heterocycles. The molecule has 1 aliphatic rings. The number of aromatic nitrogens is 3. The third kappa shape index (κ3) is 3.64. The molecule has 1 aliphatic heterocycles. The van der Waals surface area contributed by atoms with E-state index >= 15 is 0 Å². The SMILES string of the molecule is CN1CCN(C(=O)c2cncc(-c3cnc4[nH]cc(-c5ccccc5O)c4c3)c2)CC1. The highest BCUT2D eigenvalue weighted by Gasteiger charge is 2.21. The number of carbonyl (C=O) groups is 1. The molecule has 4 aromatic rings. The normalized spacial score (nSPS) is 14.8. The first-order valence-corrected chi connectivity index (χ1v) is 10.3. The lowest BCUT2D eigenvalue weighted by atomic mass is 10.0.